The summed E-state index contributed by atoms with van der Waals surface area (Å²) in [5.41, 5.74) is -0.650. The Balaban J connectivity index is 0.00000121. The van der Waals surface area contributed by atoms with Crippen molar-refractivity contribution in [3.8, 4) is 0 Å². The Bertz CT molecular complexity index is 270. The third kappa shape index (κ3) is 2.59. The molecule has 1 aromatic heterocycles. The molecule has 0 spiro atoms. The Morgan fingerprint density at radius 1 is 1.42 bits per heavy atom. The molecule has 12 heavy (non-hydrogen) atoms. The summed E-state index contributed by atoms with van der Waals surface area (Å²) >= 11 is 0. The summed E-state index contributed by atoms with van der Waals surface area (Å²) in [5, 5.41) is 0. The minimum absolute atomic E-state index is 0. The average molecular weight is 202 g/mol. The van der Waals surface area contributed by atoms with Crippen molar-refractivity contribution >= 4 is 12.6 Å². The molecule has 0 fully saturated rings. The molecule has 1 heterocycles. The van der Waals surface area contributed by atoms with Crippen LogP contribution in [0.2, 0.25) is 0 Å². The van der Waals surface area contributed by atoms with Gasteiger partial charge < -0.3 is 17.5 Å². The molecule has 0 unspecified atom stereocenters. The van der Waals surface area contributed by atoms with E-state index in [0.717, 1.165) is 10.8 Å². The van der Waals surface area contributed by atoms with E-state index >= 15 is 0 Å². The van der Waals surface area contributed by atoms with Crippen molar-refractivity contribution in [3.63, 3.8) is 0 Å². The monoisotopic (exact) mass is 202 g/mol. The molecule has 0 saturated carbocycles. The normalized spacial score (nSPS) is 11.1. The molecule has 1 aromatic rings. The van der Waals surface area contributed by atoms with Gasteiger partial charge in [0.1, 0.15) is 5.82 Å². The summed E-state index contributed by atoms with van der Waals surface area (Å²) in [6.45, 7) is -3.38. The second-order valence-electron chi connectivity index (χ2n) is 2.36. The molecule has 1 rings (SSSR count). The van der Waals surface area contributed by atoms with E-state index in [-0.39, 0.29) is 51.4 Å². The first kappa shape index (κ1) is 12.7. The number of nitrogens with zero attached hydrogens (tertiary/aromatic N) is 2. The van der Waals surface area contributed by atoms with Crippen molar-refractivity contribution in [2.24, 2.45) is 7.05 Å². The van der Waals surface area contributed by atoms with Crippen LogP contribution in [-0.4, -0.2) is 16.5 Å². The van der Waals surface area contributed by atoms with Gasteiger partial charge in [0.2, 0.25) is 0 Å². The summed E-state index contributed by atoms with van der Waals surface area (Å²) in [4.78, 5) is 3.54. The number of aryl methyl sites for hydroxylation is 1. The van der Waals surface area contributed by atoms with Crippen LogP contribution in [0.5, 0.6) is 0 Å². The molecule has 0 aliphatic heterocycles. The van der Waals surface area contributed by atoms with Crippen LogP contribution in [0.15, 0.2) is 6.20 Å². The standard InChI is InChI=1S/C5H7BF3N2.K/c1-4-10-3-5(11(4)2)6(7,8)9;/h3H,1-2H3;/q-1;+1. The fourth-order valence-electron chi connectivity index (χ4n) is 0.824. The molecule has 0 aliphatic carbocycles. The number of hydrogen-bond acceptors (Lipinski definition) is 1. The van der Waals surface area contributed by atoms with Gasteiger partial charge in [0, 0.05) is 13.2 Å². The molecule has 0 aromatic carbocycles. The molecule has 0 atom stereocenters. The summed E-state index contributed by atoms with van der Waals surface area (Å²) in [6, 6.07) is 0. The van der Waals surface area contributed by atoms with Gasteiger partial charge in [-0.3, -0.25) is 0 Å². The van der Waals surface area contributed by atoms with Crippen molar-refractivity contribution in [2.75, 3.05) is 0 Å². The zero-order valence-electron chi connectivity index (χ0n) is 7.18. The van der Waals surface area contributed by atoms with Gasteiger partial charge in [0.05, 0.1) is 0 Å². The SMILES string of the molecule is Cc1ncc([B-](F)(F)F)n1C.[K+]. The molecule has 7 heteroatoms. The van der Waals surface area contributed by atoms with Gasteiger partial charge in [-0.25, -0.2) is 4.98 Å². The molecule has 0 aliphatic rings. The third-order valence-electron chi connectivity index (χ3n) is 1.59. The maximum absolute atomic E-state index is 12.1. The average Bonchev–Trinajstić information content (AvgIpc) is 2.11. The number of imidazole rings is 1. The Hall–Kier alpha value is 0.701. The topological polar surface area (TPSA) is 17.8 Å². The van der Waals surface area contributed by atoms with Gasteiger partial charge in [0.15, 0.2) is 0 Å². The van der Waals surface area contributed by atoms with E-state index in [1.54, 1.807) is 0 Å². The van der Waals surface area contributed by atoms with Gasteiger partial charge in [-0.1, -0.05) is 0 Å². The van der Waals surface area contributed by atoms with Crippen LogP contribution >= 0.6 is 0 Å². The summed E-state index contributed by atoms with van der Waals surface area (Å²) < 4.78 is 37.2. The van der Waals surface area contributed by atoms with E-state index in [0.29, 0.717) is 5.82 Å². The molecule has 0 saturated heterocycles. The zero-order valence-corrected chi connectivity index (χ0v) is 10.3. The van der Waals surface area contributed by atoms with E-state index < -0.39 is 12.6 Å². The van der Waals surface area contributed by atoms with E-state index in [9.17, 15) is 12.9 Å². The van der Waals surface area contributed by atoms with Crippen molar-refractivity contribution in [1.82, 2.24) is 9.55 Å². The third-order valence-corrected chi connectivity index (χ3v) is 1.59. The second kappa shape index (κ2) is 4.28. The first-order chi connectivity index (χ1) is 4.93. The molecule has 62 valence electrons. The van der Waals surface area contributed by atoms with Gasteiger partial charge in [-0.15, -0.1) is 0 Å². The van der Waals surface area contributed by atoms with Crippen LogP contribution < -0.4 is 57.0 Å². The molecule has 0 bridgehead atoms. The Kier molecular flexibility index (Phi) is 4.53. The van der Waals surface area contributed by atoms with Crippen LogP contribution in [0.3, 0.4) is 0 Å². The second-order valence-corrected chi connectivity index (χ2v) is 2.36. The zero-order chi connectivity index (χ0) is 8.65. The van der Waals surface area contributed by atoms with Crippen LogP contribution in [0.4, 0.5) is 12.9 Å². The largest absolute Gasteiger partial charge is 1.00 e. The van der Waals surface area contributed by atoms with E-state index in [1.165, 1.54) is 14.0 Å². The van der Waals surface area contributed by atoms with E-state index in [4.69, 9.17) is 0 Å². The fourth-order valence-corrected chi connectivity index (χ4v) is 0.824. The van der Waals surface area contributed by atoms with Crippen molar-refractivity contribution in [2.45, 2.75) is 6.92 Å². The van der Waals surface area contributed by atoms with Crippen LogP contribution in [-0.2, 0) is 7.05 Å². The van der Waals surface area contributed by atoms with Gasteiger partial charge >= 0.3 is 58.4 Å². The van der Waals surface area contributed by atoms with E-state index in [1.807, 2.05) is 0 Å². The predicted molar refractivity (Wildman–Crippen MR) is 36.7 cm³/mol. The first-order valence-corrected chi connectivity index (χ1v) is 3.11. The molecule has 0 amide bonds. The molecule has 0 radical (unpaired) electrons. The summed E-state index contributed by atoms with van der Waals surface area (Å²) in [5.74, 6) is 0.374. The maximum atomic E-state index is 12.1. The Morgan fingerprint density at radius 2 is 1.92 bits per heavy atom. The Morgan fingerprint density at radius 3 is 2.08 bits per heavy atom. The Labute approximate surface area is 111 Å². The first-order valence-electron chi connectivity index (χ1n) is 3.11. The van der Waals surface area contributed by atoms with Gasteiger partial charge in [-0.05, 0) is 12.5 Å². The molecule has 0 N–H and O–H groups in total. The van der Waals surface area contributed by atoms with E-state index in [2.05, 4.69) is 4.98 Å². The number of rotatable bonds is 1. The number of hydrogen-bond donors (Lipinski definition) is 0. The molecular formula is C5H7BF3KN2. The van der Waals surface area contributed by atoms with Crippen molar-refractivity contribution < 1.29 is 64.3 Å². The number of halogens is 3. The van der Waals surface area contributed by atoms with Crippen molar-refractivity contribution in [1.29, 1.82) is 0 Å². The minimum Gasteiger partial charge on any atom is -0.444 e. The van der Waals surface area contributed by atoms with Crippen LogP contribution in [0.25, 0.3) is 0 Å². The molecule has 2 nitrogen and oxygen atoms in total. The molecular weight excluding hydrogens is 195 g/mol. The van der Waals surface area contributed by atoms with Crippen molar-refractivity contribution in [3.05, 3.63) is 12.0 Å². The number of aromatic nitrogens is 2. The quantitative estimate of drug-likeness (QED) is 0.472. The van der Waals surface area contributed by atoms with Gasteiger partial charge in [-0.2, -0.15) is 0 Å². The maximum Gasteiger partial charge on any atom is 1.00 e. The summed E-state index contributed by atoms with van der Waals surface area (Å²) in [6.07, 6.45) is 0.856. The summed E-state index contributed by atoms with van der Waals surface area (Å²) in [7, 11) is 1.35. The predicted octanol–water partition coefficient (Wildman–Crippen LogP) is -2.21. The smallest absolute Gasteiger partial charge is 0.444 e. The van der Waals surface area contributed by atoms with Gasteiger partial charge in [0.25, 0.3) is 0 Å². The van der Waals surface area contributed by atoms with Crippen LogP contribution in [0, 0.1) is 6.92 Å². The fraction of sp³-hybridized carbons (Fsp3) is 0.400. The van der Waals surface area contributed by atoms with Crippen LogP contribution in [0.1, 0.15) is 5.82 Å². The minimum atomic E-state index is -4.91.